The molecule has 3 rings (SSSR count). The summed E-state index contributed by atoms with van der Waals surface area (Å²) in [5.41, 5.74) is 4.82. The summed E-state index contributed by atoms with van der Waals surface area (Å²) in [6.07, 6.45) is 3.32. The Morgan fingerprint density at radius 1 is 1.00 bits per heavy atom. The van der Waals surface area contributed by atoms with Crippen molar-refractivity contribution in [2.75, 3.05) is 24.3 Å². The molecule has 0 aliphatic rings. The minimum atomic E-state index is 0.644. The molecule has 0 saturated carbocycles. The highest BCUT2D eigenvalue weighted by Gasteiger charge is 2.04. The third kappa shape index (κ3) is 2.76. The van der Waals surface area contributed by atoms with Crippen LogP contribution in [0, 0.1) is 6.92 Å². The maximum absolute atomic E-state index is 4.47. The van der Waals surface area contributed by atoms with E-state index < -0.39 is 0 Å². The van der Waals surface area contributed by atoms with Crippen LogP contribution in [0.4, 0.5) is 17.2 Å². The van der Waals surface area contributed by atoms with Crippen LogP contribution in [0.25, 0.3) is 11.2 Å². The van der Waals surface area contributed by atoms with Gasteiger partial charge in [-0.15, -0.1) is 0 Å². The molecule has 0 unspecified atom stereocenters. The number of anilines is 3. The topological polar surface area (TPSA) is 53.9 Å². The molecular weight excluding hydrogens is 262 g/mol. The molecule has 21 heavy (non-hydrogen) atoms. The molecule has 5 nitrogen and oxygen atoms in total. The molecular formula is C16H17N5. The second-order valence-corrected chi connectivity index (χ2v) is 5.11. The maximum Gasteiger partial charge on any atom is 0.180 e. The van der Waals surface area contributed by atoms with Gasteiger partial charge in [-0.1, -0.05) is 0 Å². The smallest absolute Gasteiger partial charge is 0.180 e. The quantitative estimate of drug-likeness (QED) is 0.798. The Balaban J connectivity index is 1.91. The molecule has 0 bridgehead atoms. The van der Waals surface area contributed by atoms with Crippen LogP contribution < -0.4 is 10.2 Å². The number of pyridine rings is 1. The summed E-state index contributed by atoms with van der Waals surface area (Å²) in [6.45, 7) is 2.08. The standard InChI is InChI=1S/C16H17N5/c1-11-10-12(21(2)3)4-5-13(11)19-15-7-6-14-16(20-15)18-9-8-17-14/h4-10H,1-3H3,(H,18,19,20). The highest BCUT2D eigenvalue weighted by molar-refractivity contribution is 5.73. The monoisotopic (exact) mass is 279 g/mol. The van der Waals surface area contributed by atoms with Gasteiger partial charge < -0.3 is 10.2 Å². The number of fused-ring (bicyclic) bond motifs is 1. The Kier molecular flexibility index (Phi) is 3.39. The molecule has 0 atom stereocenters. The summed E-state index contributed by atoms with van der Waals surface area (Å²) in [6, 6.07) is 10.1. The SMILES string of the molecule is Cc1cc(N(C)C)ccc1Nc1ccc2nccnc2n1. The lowest BCUT2D eigenvalue weighted by atomic mass is 10.1. The summed E-state index contributed by atoms with van der Waals surface area (Å²) in [4.78, 5) is 15.0. The summed E-state index contributed by atoms with van der Waals surface area (Å²) in [5, 5.41) is 3.33. The van der Waals surface area contributed by atoms with Crippen LogP contribution in [0.5, 0.6) is 0 Å². The van der Waals surface area contributed by atoms with Gasteiger partial charge in [-0.3, -0.25) is 4.98 Å². The van der Waals surface area contributed by atoms with Crippen LogP contribution in [-0.4, -0.2) is 29.0 Å². The van der Waals surface area contributed by atoms with Gasteiger partial charge in [0.15, 0.2) is 5.65 Å². The molecule has 2 aromatic heterocycles. The molecule has 2 heterocycles. The van der Waals surface area contributed by atoms with E-state index in [9.17, 15) is 0 Å². The predicted octanol–water partition coefficient (Wildman–Crippen LogP) is 3.14. The van der Waals surface area contributed by atoms with E-state index in [4.69, 9.17) is 0 Å². The Bertz CT molecular complexity index is 782. The lowest BCUT2D eigenvalue weighted by molar-refractivity contribution is 1.13. The van der Waals surface area contributed by atoms with E-state index in [1.165, 1.54) is 11.3 Å². The minimum absolute atomic E-state index is 0.644. The van der Waals surface area contributed by atoms with Gasteiger partial charge in [-0.25, -0.2) is 9.97 Å². The maximum atomic E-state index is 4.47. The molecule has 1 N–H and O–H groups in total. The summed E-state index contributed by atoms with van der Waals surface area (Å²) in [7, 11) is 4.07. The van der Waals surface area contributed by atoms with E-state index >= 15 is 0 Å². The number of aromatic nitrogens is 3. The van der Waals surface area contributed by atoms with Crippen molar-refractivity contribution in [3.05, 3.63) is 48.3 Å². The Hall–Kier alpha value is -2.69. The second kappa shape index (κ2) is 5.36. The van der Waals surface area contributed by atoms with Gasteiger partial charge >= 0.3 is 0 Å². The highest BCUT2D eigenvalue weighted by atomic mass is 15.1. The number of benzene rings is 1. The van der Waals surface area contributed by atoms with E-state index in [0.29, 0.717) is 5.65 Å². The molecule has 5 heteroatoms. The predicted molar refractivity (Wildman–Crippen MR) is 86.1 cm³/mol. The number of nitrogens with zero attached hydrogens (tertiary/aromatic N) is 4. The van der Waals surface area contributed by atoms with Gasteiger partial charge in [0.1, 0.15) is 11.3 Å². The molecule has 0 aliphatic carbocycles. The first-order valence-electron chi connectivity index (χ1n) is 6.76. The lowest BCUT2D eigenvalue weighted by Gasteiger charge is -2.15. The Morgan fingerprint density at radius 3 is 2.57 bits per heavy atom. The fourth-order valence-corrected chi connectivity index (χ4v) is 2.13. The first kappa shape index (κ1) is 13.3. The summed E-state index contributed by atoms with van der Waals surface area (Å²) < 4.78 is 0. The largest absolute Gasteiger partial charge is 0.378 e. The van der Waals surface area contributed by atoms with E-state index in [0.717, 1.165) is 17.0 Å². The first-order valence-corrected chi connectivity index (χ1v) is 6.76. The van der Waals surface area contributed by atoms with Crippen molar-refractivity contribution in [1.82, 2.24) is 15.0 Å². The molecule has 0 amide bonds. The molecule has 0 fully saturated rings. The van der Waals surface area contributed by atoms with Crippen molar-refractivity contribution in [3.63, 3.8) is 0 Å². The van der Waals surface area contributed by atoms with Crippen LogP contribution in [0.15, 0.2) is 42.7 Å². The zero-order valence-electron chi connectivity index (χ0n) is 12.3. The van der Waals surface area contributed by atoms with Crippen molar-refractivity contribution in [2.24, 2.45) is 0 Å². The normalized spacial score (nSPS) is 10.6. The Morgan fingerprint density at radius 2 is 1.81 bits per heavy atom. The van der Waals surface area contributed by atoms with Crippen LogP contribution in [0.1, 0.15) is 5.56 Å². The third-order valence-electron chi connectivity index (χ3n) is 3.32. The van der Waals surface area contributed by atoms with Crippen molar-refractivity contribution in [1.29, 1.82) is 0 Å². The zero-order valence-corrected chi connectivity index (χ0v) is 12.3. The van der Waals surface area contributed by atoms with E-state index in [1.807, 2.05) is 26.2 Å². The molecule has 1 aromatic carbocycles. The van der Waals surface area contributed by atoms with Crippen molar-refractivity contribution >= 4 is 28.4 Å². The van der Waals surface area contributed by atoms with Gasteiger partial charge in [0.05, 0.1) is 0 Å². The average molecular weight is 279 g/mol. The molecule has 0 radical (unpaired) electrons. The van der Waals surface area contributed by atoms with E-state index in [2.05, 4.69) is 50.3 Å². The molecule has 106 valence electrons. The number of rotatable bonds is 3. The van der Waals surface area contributed by atoms with Crippen molar-refractivity contribution in [2.45, 2.75) is 6.92 Å². The molecule has 0 aliphatic heterocycles. The van der Waals surface area contributed by atoms with Crippen LogP contribution in [-0.2, 0) is 0 Å². The third-order valence-corrected chi connectivity index (χ3v) is 3.32. The van der Waals surface area contributed by atoms with Crippen LogP contribution in [0.3, 0.4) is 0 Å². The van der Waals surface area contributed by atoms with Gasteiger partial charge in [0, 0.05) is 37.9 Å². The number of hydrogen-bond donors (Lipinski definition) is 1. The average Bonchev–Trinajstić information content (AvgIpc) is 2.49. The highest BCUT2D eigenvalue weighted by Crippen LogP contribution is 2.24. The molecule has 3 aromatic rings. The molecule has 0 spiro atoms. The van der Waals surface area contributed by atoms with Gasteiger partial charge in [-0.05, 0) is 42.8 Å². The number of nitrogens with one attached hydrogen (secondary N) is 1. The first-order chi connectivity index (χ1) is 10.1. The molecule has 0 saturated heterocycles. The summed E-state index contributed by atoms with van der Waals surface area (Å²) in [5.74, 6) is 0.767. The van der Waals surface area contributed by atoms with Gasteiger partial charge in [-0.2, -0.15) is 0 Å². The fourth-order valence-electron chi connectivity index (χ4n) is 2.13. The van der Waals surface area contributed by atoms with Crippen molar-refractivity contribution < 1.29 is 0 Å². The summed E-state index contributed by atoms with van der Waals surface area (Å²) >= 11 is 0. The number of aryl methyl sites for hydroxylation is 1. The van der Waals surface area contributed by atoms with Gasteiger partial charge in [0.2, 0.25) is 0 Å². The fraction of sp³-hybridized carbons (Fsp3) is 0.188. The Labute approximate surface area is 123 Å². The van der Waals surface area contributed by atoms with E-state index in [-0.39, 0.29) is 0 Å². The lowest BCUT2D eigenvalue weighted by Crippen LogP contribution is -2.09. The van der Waals surface area contributed by atoms with Gasteiger partial charge in [0.25, 0.3) is 0 Å². The van der Waals surface area contributed by atoms with Crippen LogP contribution in [0.2, 0.25) is 0 Å². The van der Waals surface area contributed by atoms with E-state index in [1.54, 1.807) is 12.4 Å². The number of hydrogen-bond acceptors (Lipinski definition) is 5. The zero-order chi connectivity index (χ0) is 14.8. The second-order valence-electron chi connectivity index (χ2n) is 5.11. The van der Waals surface area contributed by atoms with Crippen molar-refractivity contribution in [3.8, 4) is 0 Å². The van der Waals surface area contributed by atoms with Crippen LogP contribution >= 0.6 is 0 Å². The minimum Gasteiger partial charge on any atom is -0.378 e.